The van der Waals surface area contributed by atoms with Crippen molar-refractivity contribution in [2.75, 3.05) is 39.6 Å². The van der Waals surface area contributed by atoms with Gasteiger partial charge < -0.3 is 14.8 Å². The Bertz CT molecular complexity index is 336. The van der Waals surface area contributed by atoms with Crippen LogP contribution < -0.4 is 5.32 Å². The van der Waals surface area contributed by atoms with E-state index in [9.17, 15) is 8.42 Å². The molecule has 1 aliphatic rings. The predicted octanol–water partition coefficient (Wildman–Crippen LogP) is 0.399. The molecule has 0 aromatic carbocycles. The Labute approximate surface area is 116 Å². The van der Waals surface area contributed by atoms with Crippen molar-refractivity contribution in [3.05, 3.63) is 0 Å². The highest BCUT2D eigenvalue weighted by Gasteiger charge is 2.27. The zero-order valence-corrected chi connectivity index (χ0v) is 12.9. The number of hydrogen-bond donors (Lipinski definition) is 1. The van der Waals surface area contributed by atoms with Crippen molar-refractivity contribution in [2.24, 2.45) is 0 Å². The van der Waals surface area contributed by atoms with E-state index in [-0.39, 0.29) is 12.0 Å². The summed E-state index contributed by atoms with van der Waals surface area (Å²) < 4.78 is 35.7. The van der Waals surface area contributed by atoms with E-state index in [1.54, 1.807) is 18.5 Å². The molecule has 19 heavy (non-hydrogen) atoms. The lowest BCUT2D eigenvalue weighted by molar-refractivity contribution is -0.100. The molecule has 0 unspecified atom stereocenters. The Balaban J connectivity index is 2.33. The minimum atomic E-state index is -3.04. The smallest absolute Gasteiger partial charge is 0.214 e. The van der Waals surface area contributed by atoms with E-state index in [2.05, 4.69) is 5.32 Å². The fourth-order valence-corrected chi connectivity index (χ4v) is 3.79. The monoisotopic (exact) mass is 294 g/mol. The van der Waals surface area contributed by atoms with Crippen LogP contribution in [0.5, 0.6) is 0 Å². The van der Waals surface area contributed by atoms with Crippen molar-refractivity contribution in [2.45, 2.75) is 38.5 Å². The van der Waals surface area contributed by atoms with Gasteiger partial charge in [0.1, 0.15) is 0 Å². The van der Waals surface area contributed by atoms with E-state index < -0.39 is 10.0 Å². The van der Waals surface area contributed by atoms with Crippen LogP contribution in [0.2, 0.25) is 0 Å². The largest absolute Gasteiger partial charge is 0.355 e. The van der Waals surface area contributed by atoms with Gasteiger partial charge in [-0.3, -0.25) is 0 Å². The average molecular weight is 294 g/mol. The second kappa shape index (κ2) is 8.16. The second-order valence-corrected chi connectivity index (χ2v) is 6.89. The SMILES string of the molecule is CCCS(=O)(=O)N1CCC(NCC(OC)OC)CC1. The van der Waals surface area contributed by atoms with Gasteiger partial charge in [0, 0.05) is 39.9 Å². The first kappa shape index (κ1) is 16.8. The number of ether oxygens (including phenoxy) is 2. The van der Waals surface area contributed by atoms with Crippen LogP contribution in [0, 0.1) is 0 Å². The lowest BCUT2D eigenvalue weighted by Gasteiger charge is -2.32. The van der Waals surface area contributed by atoms with Crippen LogP contribution in [0.15, 0.2) is 0 Å². The van der Waals surface area contributed by atoms with E-state index in [1.165, 1.54) is 0 Å². The molecule has 0 bridgehead atoms. The molecule has 0 aliphatic carbocycles. The normalized spacial score (nSPS) is 19.2. The molecule has 0 aromatic heterocycles. The summed E-state index contributed by atoms with van der Waals surface area (Å²) in [7, 11) is 0.173. The molecular formula is C12H26N2O4S. The summed E-state index contributed by atoms with van der Waals surface area (Å²) in [6, 6.07) is 0.334. The topological polar surface area (TPSA) is 67.9 Å². The van der Waals surface area contributed by atoms with Crippen molar-refractivity contribution in [3.8, 4) is 0 Å². The molecule has 1 heterocycles. The molecule has 114 valence electrons. The molecule has 0 saturated carbocycles. The minimum absolute atomic E-state index is 0.248. The van der Waals surface area contributed by atoms with Gasteiger partial charge >= 0.3 is 0 Å². The Hall–Kier alpha value is -0.210. The Morgan fingerprint density at radius 1 is 1.26 bits per heavy atom. The number of nitrogens with one attached hydrogen (secondary N) is 1. The van der Waals surface area contributed by atoms with Gasteiger partial charge in [-0.15, -0.1) is 0 Å². The van der Waals surface area contributed by atoms with Crippen molar-refractivity contribution < 1.29 is 17.9 Å². The Kier molecular flexibility index (Phi) is 7.23. The summed E-state index contributed by atoms with van der Waals surface area (Å²) in [5.74, 6) is 0.251. The molecule has 0 amide bonds. The molecule has 6 nitrogen and oxygen atoms in total. The first-order chi connectivity index (χ1) is 9.03. The summed E-state index contributed by atoms with van der Waals surface area (Å²) in [5.41, 5.74) is 0. The fourth-order valence-electron chi connectivity index (χ4n) is 2.25. The van der Waals surface area contributed by atoms with E-state index in [4.69, 9.17) is 9.47 Å². The summed E-state index contributed by atoms with van der Waals surface area (Å²) in [5, 5.41) is 3.36. The van der Waals surface area contributed by atoms with Crippen LogP contribution in [0.3, 0.4) is 0 Å². The molecule has 7 heteroatoms. The van der Waals surface area contributed by atoms with E-state index in [0.29, 0.717) is 32.1 Å². The van der Waals surface area contributed by atoms with Gasteiger partial charge in [0.05, 0.1) is 5.75 Å². The standard InChI is InChI=1S/C12H26N2O4S/c1-4-9-19(15,16)14-7-5-11(6-8-14)13-10-12(17-2)18-3/h11-13H,4-10H2,1-3H3. The van der Waals surface area contributed by atoms with Crippen LogP contribution in [0.4, 0.5) is 0 Å². The zero-order valence-electron chi connectivity index (χ0n) is 12.1. The van der Waals surface area contributed by atoms with Crippen LogP contribution in [0.25, 0.3) is 0 Å². The van der Waals surface area contributed by atoms with Crippen molar-refractivity contribution in [1.29, 1.82) is 0 Å². The van der Waals surface area contributed by atoms with Crippen molar-refractivity contribution >= 4 is 10.0 Å². The molecule has 1 aliphatic heterocycles. The predicted molar refractivity (Wildman–Crippen MR) is 74.5 cm³/mol. The highest BCUT2D eigenvalue weighted by Crippen LogP contribution is 2.15. The minimum Gasteiger partial charge on any atom is -0.355 e. The van der Waals surface area contributed by atoms with Gasteiger partial charge in [-0.1, -0.05) is 6.92 Å². The van der Waals surface area contributed by atoms with Gasteiger partial charge in [0.2, 0.25) is 10.0 Å². The second-order valence-electron chi connectivity index (χ2n) is 4.80. The zero-order chi connectivity index (χ0) is 14.3. The number of piperidine rings is 1. The van der Waals surface area contributed by atoms with Crippen LogP contribution in [0.1, 0.15) is 26.2 Å². The van der Waals surface area contributed by atoms with Gasteiger partial charge in [-0.05, 0) is 19.3 Å². The molecule has 0 radical (unpaired) electrons. The number of sulfonamides is 1. The van der Waals surface area contributed by atoms with E-state index >= 15 is 0 Å². The van der Waals surface area contributed by atoms with Gasteiger partial charge in [-0.2, -0.15) is 0 Å². The third kappa shape index (κ3) is 5.35. The van der Waals surface area contributed by atoms with Crippen molar-refractivity contribution in [3.63, 3.8) is 0 Å². The third-order valence-electron chi connectivity index (χ3n) is 3.41. The maximum absolute atomic E-state index is 11.9. The number of hydrogen-bond acceptors (Lipinski definition) is 5. The van der Waals surface area contributed by atoms with Gasteiger partial charge in [0.25, 0.3) is 0 Å². The van der Waals surface area contributed by atoms with Gasteiger partial charge in [0.15, 0.2) is 6.29 Å². The third-order valence-corrected chi connectivity index (χ3v) is 5.48. The molecule has 0 spiro atoms. The van der Waals surface area contributed by atoms with E-state index in [1.807, 2.05) is 6.92 Å². The first-order valence-corrected chi connectivity index (χ1v) is 8.41. The van der Waals surface area contributed by atoms with Crippen LogP contribution >= 0.6 is 0 Å². The molecular weight excluding hydrogens is 268 g/mol. The highest BCUT2D eigenvalue weighted by molar-refractivity contribution is 7.89. The fraction of sp³-hybridized carbons (Fsp3) is 1.00. The summed E-state index contributed by atoms with van der Waals surface area (Å²) in [6.07, 6.45) is 2.10. The Morgan fingerprint density at radius 2 is 1.84 bits per heavy atom. The molecule has 0 atom stereocenters. The van der Waals surface area contributed by atoms with Crippen LogP contribution in [-0.4, -0.2) is 64.7 Å². The maximum Gasteiger partial charge on any atom is 0.214 e. The first-order valence-electron chi connectivity index (χ1n) is 6.80. The number of methoxy groups -OCH3 is 2. The molecule has 1 fully saturated rings. The van der Waals surface area contributed by atoms with E-state index in [0.717, 1.165) is 12.8 Å². The van der Waals surface area contributed by atoms with Crippen molar-refractivity contribution in [1.82, 2.24) is 9.62 Å². The number of rotatable bonds is 8. The lowest BCUT2D eigenvalue weighted by Crippen LogP contribution is -2.47. The molecule has 1 saturated heterocycles. The molecule has 1 N–H and O–H groups in total. The summed E-state index contributed by atoms with van der Waals surface area (Å²) >= 11 is 0. The molecule has 0 aromatic rings. The summed E-state index contributed by atoms with van der Waals surface area (Å²) in [6.45, 7) is 3.72. The lowest BCUT2D eigenvalue weighted by atomic mass is 10.1. The Morgan fingerprint density at radius 3 is 2.32 bits per heavy atom. The number of nitrogens with zero attached hydrogens (tertiary/aromatic N) is 1. The maximum atomic E-state index is 11.9. The van der Waals surface area contributed by atoms with Gasteiger partial charge in [-0.25, -0.2) is 12.7 Å². The summed E-state index contributed by atoms with van der Waals surface area (Å²) in [4.78, 5) is 0. The average Bonchev–Trinajstić information content (AvgIpc) is 2.40. The van der Waals surface area contributed by atoms with Crippen LogP contribution in [-0.2, 0) is 19.5 Å². The highest BCUT2D eigenvalue weighted by atomic mass is 32.2. The molecule has 1 rings (SSSR count). The quantitative estimate of drug-likeness (QED) is 0.656.